The first kappa shape index (κ1) is 6.43. The van der Waals surface area contributed by atoms with E-state index in [4.69, 9.17) is 11.6 Å². The molecule has 0 saturated carbocycles. The quantitative estimate of drug-likeness (QED) is 0.530. The van der Waals surface area contributed by atoms with Gasteiger partial charge < -0.3 is 0 Å². The topological polar surface area (TPSA) is 0 Å². The third kappa shape index (κ3) is 1.61. The van der Waals surface area contributed by atoms with Gasteiger partial charge in [-0.15, -0.1) is 12.1 Å². The fourth-order valence-corrected chi connectivity index (χ4v) is 0.710. The van der Waals surface area contributed by atoms with Crippen LogP contribution in [0, 0.1) is 11.7 Å². The maximum absolute atomic E-state index is 12.3. The maximum atomic E-state index is 12.3. The molecule has 1 aromatic carbocycles. The van der Waals surface area contributed by atoms with Crippen LogP contribution in [0.1, 0.15) is 5.56 Å². The molecule has 0 aliphatic rings. The lowest BCUT2D eigenvalue weighted by atomic mass is 10.2. The predicted octanol–water partition coefficient (Wildman–Crippen LogP) is 2.57. The third-order valence-electron chi connectivity index (χ3n) is 0.975. The first-order valence-corrected chi connectivity index (χ1v) is 2.95. The second kappa shape index (κ2) is 2.74. The standard InChI is InChI=1S/C7H5ClF/c8-5-6-2-1-3-7(9)4-6/h1-5H/q-1. The summed E-state index contributed by atoms with van der Waals surface area (Å²) in [6.07, 6.45) is 0. The lowest BCUT2D eigenvalue weighted by Crippen LogP contribution is -1.76. The Kier molecular flexibility index (Phi) is 1.96. The Morgan fingerprint density at radius 3 is 2.67 bits per heavy atom. The van der Waals surface area contributed by atoms with Crippen molar-refractivity contribution in [3.8, 4) is 0 Å². The third-order valence-corrected chi connectivity index (χ3v) is 1.23. The molecule has 0 aliphatic heterocycles. The van der Waals surface area contributed by atoms with Crippen molar-refractivity contribution in [1.29, 1.82) is 0 Å². The van der Waals surface area contributed by atoms with Gasteiger partial charge in [-0.3, -0.25) is 0 Å². The summed E-state index contributed by atoms with van der Waals surface area (Å²) in [5.41, 5.74) is 0.691. The first-order valence-electron chi connectivity index (χ1n) is 2.52. The van der Waals surface area contributed by atoms with Crippen LogP contribution in [-0.4, -0.2) is 0 Å². The second-order valence-corrected chi connectivity index (χ2v) is 1.88. The Labute approximate surface area is 58.3 Å². The van der Waals surface area contributed by atoms with Crippen LogP contribution in [0.3, 0.4) is 0 Å². The van der Waals surface area contributed by atoms with Crippen LogP contribution >= 0.6 is 11.6 Å². The Morgan fingerprint density at radius 2 is 2.22 bits per heavy atom. The summed E-state index contributed by atoms with van der Waals surface area (Å²) < 4.78 is 12.3. The van der Waals surface area contributed by atoms with Crippen LogP contribution in [0.5, 0.6) is 0 Å². The predicted molar refractivity (Wildman–Crippen MR) is 35.7 cm³/mol. The van der Waals surface area contributed by atoms with E-state index in [1.54, 1.807) is 12.1 Å². The maximum Gasteiger partial charge on any atom is 0.0678 e. The second-order valence-electron chi connectivity index (χ2n) is 1.66. The molecule has 2 heteroatoms. The average Bonchev–Trinajstić information content (AvgIpc) is 1.88. The number of hydrogen-bond acceptors (Lipinski definition) is 0. The first-order chi connectivity index (χ1) is 4.33. The van der Waals surface area contributed by atoms with Crippen molar-refractivity contribution in [3.63, 3.8) is 0 Å². The molecular formula is C7H5ClF-. The van der Waals surface area contributed by atoms with Crippen molar-refractivity contribution in [1.82, 2.24) is 0 Å². The molecule has 0 radical (unpaired) electrons. The molecule has 0 amide bonds. The van der Waals surface area contributed by atoms with Crippen molar-refractivity contribution in [2.75, 3.05) is 0 Å². The normalized spacial score (nSPS) is 9.11. The van der Waals surface area contributed by atoms with Gasteiger partial charge in [0.05, 0.1) is 5.82 Å². The molecule has 0 aromatic heterocycles. The van der Waals surface area contributed by atoms with Crippen molar-refractivity contribution in [3.05, 3.63) is 41.5 Å². The number of halogens is 2. The average molecular weight is 144 g/mol. The van der Waals surface area contributed by atoms with E-state index in [1.165, 1.54) is 18.0 Å². The Bertz CT molecular complexity index is 198. The van der Waals surface area contributed by atoms with E-state index in [0.29, 0.717) is 5.56 Å². The van der Waals surface area contributed by atoms with Gasteiger partial charge in [-0.05, 0) is 0 Å². The molecule has 0 N–H and O–H groups in total. The lowest BCUT2D eigenvalue weighted by Gasteiger charge is -2.01. The highest BCUT2D eigenvalue weighted by Crippen LogP contribution is 2.06. The van der Waals surface area contributed by atoms with Gasteiger partial charge >= 0.3 is 0 Å². The Balaban J connectivity index is 2.94. The molecule has 0 heterocycles. The minimum Gasteiger partial charge on any atom is -0.222 e. The van der Waals surface area contributed by atoms with E-state index in [2.05, 4.69) is 0 Å². The number of hydrogen-bond donors (Lipinski definition) is 0. The van der Waals surface area contributed by atoms with Crippen LogP contribution in [-0.2, 0) is 0 Å². The van der Waals surface area contributed by atoms with Crippen LogP contribution in [0.15, 0.2) is 24.3 Å². The van der Waals surface area contributed by atoms with Gasteiger partial charge in [-0.25, -0.2) is 4.39 Å². The van der Waals surface area contributed by atoms with Gasteiger partial charge in [0.1, 0.15) is 0 Å². The fourth-order valence-electron chi connectivity index (χ4n) is 0.574. The molecule has 1 rings (SSSR count). The zero-order valence-corrected chi connectivity index (χ0v) is 5.40. The lowest BCUT2D eigenvalue weighted by molar-refractivity contribution is 0.627. The molecule has 0 aliphatic carbocycles. The zero-order chi connectivity index (χ0) is 6.69. The molecule has 0 bridgehead atoms. The molecule has 0 spiro atoms. The molecule has 9 heavy (non-hydrogen) atoms. The minimum atomic E-state index is -0.260. The number of rotatable bonds is 1. The van der Waals surface area contributed by atoms with Gasteiger partial charge in [-0.2, -0.15) is 23.2 Å². The Morgan fingerprint density at radius 1 is 1.44 bits per heavy atom. The molecule has 0 atom stereocenters. The van der Waals surface area contributed by atoms with E-state index in [-0.39, 0.29) is 5.82 Å². The van der Waals surface area contributed by atoms with Crippen LogP contribution < -0.4 is 0 Å². The SMILES string of the molecule is Fc1cccc([CH-]Cl)c1. The van der Waals surface area contributed by atoms with Crippen molar-refractivity contribution in [2.24, 2.45) is 0 Å². The van der Waals surface area contributed by atoms with Gasteiger partial charge in [0.25, 0.3) is 0 Å². The molecule has 48 valence electrons. The summed E-state index contributed by atoms with van der Waals surface area (Å²) >= 11 is 5.31. The van der Waals surface area contributed by atoms with Crippen molar-refractivity contribution in [2.45, 2.75) is 0 Å². The zero-order valence-electron chi connectivity index (χ0n) is 4.64. The monoisotopic (exact) mass is 143 g/mol. The highest BCUT2D eigenvalue weighted by Gasteiger charge is 1.80. The minimum absolute atomic E-state index is 0.260. The smallest absolute Gasteiger partial charge is 0.0678 e. The summed E-state index contributed by atoms with van der Waals surface area (Å²) in [5, 5.41) is 0. The summed E-state index contributed by atoms with van der Waals surface area (Å²) in [6.45, 7) is 0. The molecule has 0 saturated heterocycles. The van der Waals surface area contributed by atoms with E-state index >= 15 is 0 Å². The van der Waals surface area contributed by atoms with E-state index in [0.717, 1.165) is 0 Å². The van der Waals surface area contributed by atoms with Crippen LogP contribution in [0.4, 0.5) is 4.39 Å². The van der Waals surface area contributed by atoms with Gasteiger partial charge in [0, 0.05) is 0 Å². The molecule has 1 aromatic rings. The van der Waals surface area contributed by atoms with E-state index in [9.17, 15) is 4.39 Å². The van der Waals surface area contributed by atoms with E-state index < -0.39 is 0 Å². The fraction of sp³-hybridized carbons (Fsp3) is 0. The summed E-state index contributed by atoms with van der Waals surface area (Å²) in [5.74, 6) is 1.08. The summed E-state index contributed by atoms with van der Waals surface area (Å²) in [4.78, 5) is 0. The van der Waals surface area contributed by atoms with Gasteiger partial charge in [0.15, 0.2) is 0 Å². The largest absolute Gasteiger partial charge is 0.222 e. The van der Waals surface area contributed by atoms with Gasteiger partial charge in [0.2, 0.25) is 0 Å². The van der Waals surface area contributed by atoms with Crippen molar-refractivity contribution >= 4 is 11.6 Å². The molecule has 0 fully saturated rings. The Hall–Kier alpha value is -0.690. The summed E-state index contributed by atoms with van der Waals surface area (Å²) in [6, 6.07) is 6.09. The van der Waals surface area contributed by atoms with Gasteiger partial charge in [-0.1, -0.05) is 11.9 Å². The van der Waals surface area contributed by atoms with Crippen molar-refractivity contribution < 1.29 is 4.39 Å². The highest BCUT2D eigenvalue weighted by atomic mass is 35.5. The van der Waals surface area contributed by atoms with Crippen LogP contribution in [0.25, 0.3) is 0 Å². The highest BCUT2D eigenvalue weighted by molar-refractivity contribution is 6.25. The molecule has 0 unspecified atom stereocenters. The molecular weight excluding hydrogens is 139 g/mol. The summed E-state index contributed by atoms with van der Waals surface area (Å²) in [7, 11) is 0. The molecule has 0 nitrogen and oxygen atoms in total. The number of benzene rings is 1. The van der Waals surface area contributed by atoms with E-state index in [1.807, 2.05) is 0 Å². The van der Waals surface area contributed by atoms with Crippen LogP contribution in [0.2, 0.25) is 0 Å².